The van der Waals surface area contributed by atoms with Gasteiger partial charge in [-0.25, -0.2) is 0 Å². The van der Waals surface area contributed by atoms with Crippen LogP contribution >= 0.6 is 22.6 Å². The Kier molecular flexibility index (Phi) is 7.30. The highest BCUT2D eigenvalue weighted by Gasteiger charge is 2.09. The summed E-state index contributed by atoms with van der Waals surface area (Å²) in [5, 5.41) is 3.60. The maximum absolute atomic E-state index is 5.31. The molecule has 1 aromatic carbocycles. The third kappa shape index (κ3) is 5.56. The van der Waals surface area contributed by atoms with Crippen molar-refractivity contribution in [2.45, 2.75) is 38.6 Å². The quantitative estimate of drug-likeness (QED) is 0.447. The minimum atomic E-state index is 0.443. The molecule has 0 aliphatic carbocycles. The average Bonchev–Trinajstić information content (AvgIpc) is 2.33. The molecule has 92 valence electrons. The van der Waals surface area contributed by atoms with E-state index in [9.17, 15) is 0 Å². The van der Waals surface area contributed by atoms with Crippen molar-refractivity contribution in [1.82, 2.24) is 5.32 Å². The lowest BCUT2D eigenvalue weighted by atomic mass is 10.0. The van der Waals surface area contributed by atoms with E-state index in [1.54, 1.807) is 0 Å². The van der Waals surface area contributed by atoms with Gasteiger partial charge in [0.25, 0.3) is 0 Å². The molecule has 0 heterocycles. The fraction of sp³-hybridized carbons (Fsp3) is 0.467. The molecule has 1 aromatic rings. The standard InChI is InChI=1S/C15H20IN/c1-3-5-6-10-15(17-11-4-2)13-8-7-9-14(16)12-13/h1,7-9,12,15,17H,4-6,10-11H2,2H3. The monoisotopic (exact) mass is 341 g/mol. The van der Waals surface area contributed by atoms with Crippen LogP contribution in [0.4, 0.5) is 0 Å². The normalized spacial score (nSPS) is 12.1. The number of hydrogen-bond donors (Lipinski definition) is 1. The number of hydrogen-bond acceptors (Lipinski definition) is 1. The van der Waals surface area contributed by atoms with Crippen LogP contribution in [0, 0.1) is 15.9 Å². The van der Waals surface area contributed by atoms with E-state index in [0.717, 1.165) is 32.2 Å². The second-order valence-corrected chi connectivity index (χ2v) is 5.40. The van der Waals surface area contributed by atoms with Crippen molar-refractivity contribution < 1.29 is 0 Å². The van der Waals surface area contributed by atoms with Crippen molar-refractivity contribution in [3.63, 3.8) is 0 Å². The van der Waals surface area contributed by atoms with Crippen LogP contribution < -0.4 is 5.32 Å². The van der Waals surface area contributed by atoms with Gasteiger partial charge in [-0.1, -0.05) is 19.1 Å². The van der Waals surface area contributed by atoms with Crippen LogP contribution in [0.3, 0.4) is 0 Å². The molecule has 0 bridgehead atoms. The molecule has 0 aliphatic heterocycles. The Morgan fingerprint density at radius 2 is 2.29 bits per heavy atom. The van der Waals surface area contributed by atoms with E-state index in [0.29, 0.717) is 6.04 Å². The first kappa shape index (κ1) is 14.5. The Balaban J connectivity index is 2.64. The third-order valence-electron chi connectivity index (χ3n) is 2.71. The molecular formula is C15H20IN. The summed E-state index contributed by atoms with van der Waals surface area (Å²) in [4.78, 5) is 0. The second-order valence-electron chi connectivity index (χ2n) is 4.16. The molecule has 1 N–H and O–H groups in total. The van der Waals surface area contributed by atoms with E-state index < -0.39 is 0 Å². The molecule has 1 rings (SSSR count). The predicted molar refractivity (Wildman–Crippen MR) is 82.9 cm³/mol. The van der Waals surface area contributed by atoms with Crippen molar-refractivity contribution >= 4 is 22.6 Å². The number of benzene rings is 1. The molecule has 0 fully saturated rings. The zero-order valence-corrected chi connectivity index (χ0v) is 12.5. The molecular weight excluding hydrogens is 321 g/mol. The fourth-order valence-electron chi connectivity index (χ4n) is 1.84. The highest BCUT2D eigenvalue weighted by molar-refractivity contribution is 14.1. The maximum Gasteiger partial charge on any atom is 0.0320 e. The SMILES string of the molecule is C#CCCCC(NCCC)c1cccc(I)c1. The van der Waals surface area contributed by atoms with Crippen LogP contribution in [0.15, 0.2) is 24.3 Å². The molecule has 0 saturated heterocycles. The smallest absolute Gasteiger partial charge is 0.0320 e. The van der Waals surface area contributed by atoms with E-state index in [2.05, 4.69) is 65.0 Å². The van der Waals surface area contributed by atoms with Gasteiger partial charge in [-0.05, 0) is 66.1 Å². The second kappa shape index (κ2) is 8.54. The van der Waals surface area contributed by atoms with Crippen molar-refractivity contribution in [2.24, 2.45) is 0 Å². The van der Waals surface area contributed by atoms with E-state index in [-0.39, 0.29) is 0 Å². The molecule has 2 heteroatoms. The lowest BCUT2D eigenvalue weighted by Crippen LogP contribution is -2.22. The lowest BCUT2D eigenvalue weighted by Gasteiger charge is -2.18. The molecule has 1 atom stereocenters. The lowest BCUT2D eigenvalue weighted by molar-refractivity contribution is 0.487. The third-order valence-corrected chi connectivity index (χ3v) is 3.38. The number of unbranched alkanes of at least 4 members (excludes halogenated alkanes) is 1. The van der Waals surface area contributed by atoms with E-state index in [1.807, 2.05) is 0 Å². The zero-order chi connectivity index (χ0) is 12.5. The summed E-state index contributed by atoms with van der Waals surface area (Å²) in [6.45, 7) is 3.26. The Morgan fingerprint density at radius 1 is 1.47 bits per heavy atom. The van der Waals surface area contributed by atoms with Crippen molar-refractivity contribution in [1.29, 1.82) is 0 Å². The minimum Gasteiger partial charge on any atom is -0.310 e. The maximum atomic E-state index is 5.31. The minimum absolute atomic E-state index is 0.443. The van der Waals surface area contributed by atoms with Gasteiger partial charge in [-0.2, -0.15) is 0 Å². The number of nitrogens with one attached hydrogen (secondary N) is 1. The highest BCUT2D eigenvalue weighted by atomic mass is 127. The van der Waals surface area contributed by atoms with Crippen molar-refractivity contribution in [2.75, 3.05) is 6.54 Å². The van der Waals surface area contributed by atoms with E-state index >= 15 is 0 Å². The summed E-state index contributed by atoms with van der Waals surface area (Å²) < 4.78 is 1.29. The molecule has 0 amide bonds. The molecule has 17 heavy (non-hydrogen) atoms. The van der Waals surface area contributed by atoms with Gasteiger partial charge >= 0.3 is 0 Å². The molecule has 1 unspecified atom stereocenters. The molecule has 0 radical (unpaired) electrons. The first-order valence-corrected chi connectivity index (χ1v) is 7.28. The van der Waals surface area contributed by atoms with Gasteiger partial charge in [-0.3, -0.25) is 0 Å². The van der Waals surface area contributed by atoms with Gasteiger partial charge < -0.3 is 5.32 Å². The molecule has 0 spiro atoms. The number of terminal acetylenes is 1. The number of rotatable bonds is 7. The first-order chi connectivity index (χ1) is 8.27. The molecule has 1 nitrogen and oxygen atoms in total. The molecule has 0 aromatic heterocycles. The van der Waals surface area contributed by atoms with Gasteiger partial charge in [-0.15, -0.1) is 12.3 Å². The van der Waals surface area contributed by atoms with Crippen LogP contribution in [0.5, 0.6) is 0 Å². The Labute approximate surface area is 119 Å². The van der Waals surface area contributed by atoms with Crippen LogP contribution in [-0.2, 0) is 0 Å². The number of halogens is 1. The van der Waals surface area contributed by atoms with Crippen LogP contribution in [-0.4, -0.2) is 6.54 Å². The van der Waals surface area contributed by atoms with Gasteiger partial charge in [0.2, 0.25) is 0 Å². The van der Waals surface area contributed by atoms with E-state index in [4.69, 9.17) is 6.42 Å². The summed E-state index contributed by atoms with van der Waals surface area (Å²) in [6.07, 6.45) is 9.54. The summed E-state index contributed by atoms with van der Waals surface area (Å²) in [5.41, 5.74) is 1.38. The largest absolute Gasteiger partial charge is 0.310 e. The van der Waals surface area contributed by atoms with E-state index in [1.165, 1.54) is 9.13 Å². The fourth-order valence-corrected chi connectivity index (χ4v) is 2.40. The van der Waals surface area contributed by atoms with Gasteiger partial charge in [0.15, 0.2) is 0 Å². The van der Waals surface area contributed by atoms with Gasteiger partial charge in [0.1, 0.15) is 0 Å². The van der Waals surface area contributed by atoms with Crippen LogP contribution in [0.1, 0.15) is 44.2 Å². The summed E-state index contributed by atoms with van der Waals surface area (Å²) in [7, 11) is 0. The summed E-state index contributed by atoms with van der Waals surface area (Å²) in [5.74, 6) is 2.71. The van der Waals surface area contributed by atoms with Gasteiger partial charge in [0.05, 0.1) is 0 Å². The van der Waals surface area contributed by atoms with Crippen molar-refractivity contribution in [3.8, 4) is 12.3 Å². The molecule has 0 aliphatic rings. The average molecular weight is 341 g/mol. The Hall–Kier alpha value is -0.530. The molecule has 0 saturated carbocycles. The van der Waals surface area contributed by atoms with Crippen LogP contribution in [0.25, 0.3) is 0 Å². The zero-order valence-electron chi connectivity index (χ0n) is 10.4. The summed E-state index contributed by atoms with van der Waals surface area (Å²) >= 11 is 2.36. The van der Waals surface area contributed by atoms with Crippen LogP contribution in [0.2, 0.25) is 0 Å². The topological polar surface area (TPSA) is 12.0 Å². The first-order valence-electron chi connectivity index (χ1n) is 6.20. The summed E-state index contributed by atoms with van der Waals surface area (Å²) in [6, 6.07) is 9.15. The van der Waals surface area contributed by atoms with Gasteiger partial charge in [0, 0.05) is 16.0 Å². The predicted octanol–water partition coefficient (Wildman–Crippen LogP) is 4.14. The highest BCUT2D eigenvalue weighted by Crippen LogP contribution is 2.21. The Morgan fingerprint density at radius 3 is 2.94 bits per heavy atom. The Bertz CT molecular complexity index is 367. The van der Waals surface area contributed by atoms with Crippen molar-refractivity contribution in [3.05, 3.63) is 33.4 Å².